The lowest BCUT2D eigenvalue weighted by atomic mass is 9.98. The van der Waals surface area contributed by atoms with E-state index in [1.807, 2.05) is 74.5 Å². The van der Waals surface area contributed by atoms with Crippen LogP contribution in [-0.2, 0) is 9.53 Å². The van der Waals surface area contributed by atoms with Crippen molar-refractivity contribution in [2.45, 2.75) is 36.1 Å². The fraction of sp³-hybridized carbons (Fsp3) is 0.286. The normalized spacial score (nSPS) is 22.4. The number of hydrogen-bond acceptors (Lipinski definition) is 6. The summed E-state index contributed by atoms with van der Waals surface area (Å²) >= 11 is 1.46. The number of rotatable bonds is 4. The van der Waals surface area contributed by atoms with Crippen molar-refractivity contribution < 1.29 is 14.6 Å². The van der Waals surface area contributed by atoms with Gasteiger partial charge in [0, 0.05) is 4.75 Å². The Morgan fingerprint density at radius 1 is 1.14 bits per heavy atom. The third-order valence-electron chi connectivity index (χ3n) is 5.08. The zero-order chi connectivity index (χ0) is 19.9. The summed E-state index contributed by atoms with van der Waals surface area (Å²) in [6.07, 6.45) is -0.552. The molecule has 0 bridgehead atoms. The van der Waals surface area contributed by atoms with Gasteiger partial charge in [0.2, 0.25) is 5.39 Å². The van der Waals surface area contributed by atoms with E-state index in [1.165, 1.54) is 11.8 Å². The quantitative estimate of drug-likeness (QED) is 0.610. The van der Waals surface area contributed by atoms with Crippen molar-refractivity contribution >= 4 is 17.7 Å². The number of diazo groups is 1. The molecule has 2 aromatic rings. The van der Waals surface area contributed by atoms with E-state index in [2.05, 4.69) is 4.98 Å². The first-order valence-corrected chi connectivity index (χ1v) is 9.87. The molecule has 6 nitrogen and oxygen atoms in total. The van der Waals surface area contributed by atoms with Gasteiger partial charge in [0.1, 0.15) is 6.04 Å². The number of carbonyl (C=O) groups is 1. The summed E-state index contributed by atoms with van der Waals surface area (Å²) in [6, 6.07) is 18.5. The first kappa shape index (κ1) is 18.4. The molecular formula is C21H20N3O3S+. The standard InChI is InChI=1S/C21H19N3O3S/c1-21(2)17(24-18(25)15(23-22)19(24)28-21)20(26)27-16(13-9-5-3-6-10-13)14-11-7-4-8-12-14/h3-12,16-17,19H,1-2H3/p+1/t17-,19+/m0/s1. The average molecular weight is 394 g/mol. The van der Waals surface area contributed by atoms with E-state index in [9.17, 15) is 9.90 Å². The van der Waals surface area contributed by atoms with E-state index < -0.39 is 22.9 Å². The van der Waals surface area contributed by atoms with Crippen LogP contribution < -0.4 is 0 Å². The molecule has 7 heteroatoms. The van der Waals surface area contributed by atoms with Crippen molar-refractivity contribution in [3.63, 3.8) is 0 Å². The summed E-state index contributed by atoms with van der Waals surface area (Å²) in [5.41, 5.74) is 1.93. The maximum atomic E-state index is 13.2. The van der Waals surface area contributed by atoms with Crippen LogP contribution in [0.3, 0.4) is 0 Å². The van der Waals surface area contributed by atoms with Gasteiger partial charge in [0.15, 0.2) is 16.5 Å². The Balaban J connectivity index is 1.65. The Morgan fingerprint density at radius 2 is 1.68 bits per heavy atom. The van der Waals surface area contributed by atoms with Crippen LogP contribution in [0.15, 0.2) is 72.2 Å². The van der Waals surface area contributed by atoms with Gasteiger partial charge in [-0.15, -0.1) is 11.8 Å². The molecule has 0 radical (unpaired) electrons. The number of nitrogens with zero attached hydrogens (tertiary/aromatic N) is 3. The summed E-state index contributed by atoms with van der Waals surface area (Å²) in [7, 11) is 0. The molecule has 2 heterocycles. The second-order valence-corrected chi connectivity index (χ2v) is 9.07. The highest BCUT2D eigenvalue weighted by atomic mass is 32.2. The van der Waals surface area contributed by atoms with Crippen LogP contribution >= 0.6 is 11.8 Å². The first-order valence-electron chi connectivity index (χ1n) is 8.99. The van der Waals surface area contributed by atoms with Gasteiger partial charge < -0.3 is 9.84 Å². The van der Waals surface area contributed by atoms with Gasteiger partial charge in [-0.25, -0.2) is 4.79 Å². The highest BCUT2D eigenvalue weighted by Crippen LogP contribution is 2.55. The largest absolute Gasteiger partial charge is 0.489 e. The molecule has 1 N–H and O–H groups in total. The molecule has 0 amide bonds. The number of benzene rings is 2. The van der Waals surface area contributed by atoms with Gasteiger partial charge in [0.05, 0.1) is 0 Å². The minimum Gasteiger partial charge on any atom is -0.489 e. The third-order valence-corrected chi connectivity index (χ3v) is 6.59. The molecule has 0 aliphatic carbocycles. The maximum Gasteiger partial charge on any atom is 0.452 e. The summed E-state index contributed by atoms with van der Waals surface area (Å²) in [5.74, 6) is -0.607. The lowest BCUT2D eigenvalue weighted by Crippen LogP contribution is -2.52. The number of aliphatic hydroxyl groups excluding tert-OH is 1. The highest BCUT2D eigenvalue weighted by Gasteiger charge is 2.65. The molecule has 2 aromatic carbocycles. The van der Waals surface area contributed by atoms with Crippen LogP contribution in [-0.4, -0.2) is 32.1 Å². The Kier molecular flexibility index (Phi) is 4.52. The maximum absolute atomic E-state index is 13.2. The van der Waals surface area contributed by atoms with E-state index in [-0.39, 0.29) is 17.0 Å². The minimum atomic E-state index is -0.692. The van der Waals surface area contributed by atoms with E-state index in [0.29, 0.717) is 0 Å². The van der Waals surface area contributed by atoms with E-state index in [1.54, 1.807) is 4.90 Å². The molecule has 0 aromatic heterocycles. The SMILES string of the molecule is CC1(C)S[C@@H]2C([N+]#N)=C(O)N2[C@H]1C(=O)OC(c1ccccc1)c1ccccc1. The minimum absolute atomic E-state index is 0.177. The van der Waals surface area contributed by atoms with Gasteiger partial charge in [-0.2, -0.15) is 0 Å². The van der Waals surface area contributed by atoms with Crippen molar-refractivity contribution in [2.75, 3.05) is 0 Å². The fourth-order valence-corrected chi connectivity index (χ4v) is 5.25. The number of carbonyl (C=O) groups excluding carboxylic acids is 1. The lowest BCUT2D eigenvalue weighted by Gasteiger charge is -2.34. The first-order chi connectivity index (χ1) is 13.4. The summed E-state index contributed by atoms with van der Waals surface area (Å²) in [5, 5.41) is 19.0. The predicted octanol–water partition coefficient (Wildman–Crippen LogP) is 4.44. The number of thioether (sulfide) groups is 1. The van der Waals surface area contributed by atoms with Crippen LogP contribution in [0.2, 0.25) is 0 Å². The summed E-state index contributed by atoms with van der Waals surface area (Å²) in [4.78, 5) is 18.0. The van der Waals surface area contributed by atoms with Crippen molar-refractivity contribution in [1.82, 2.24) is 4.90 Å². The number of ether oxygens (including phenoxy) is 1. The van der Waals surface area contributed by atoms with Crippen LogP contribution in [0.1, 0.15) is 31.1 Å². The molecule has 2 atom stereocenters. The van der Waals surface area contributed by atoms with Crippen LogP contribution in [0.5, 0.6) is 0 Å². The number of aliphatic hydroxyl groups is 1. The Bertz CT molecular complexity index is 930. The van der Waals surface area contributed by atoms with Crippen LogP contribution in [0.25, 0.3) is 4.98 Å². The molecule has 0 spiro atoms. The van der Waals surface area contributed by atoms with Gasteiger partial charge in [-0.05, 0) is 25.0 Å². The molecule has 0 unspecified atom stereocenters. The van der Waals surface area contributed by atoms with Crippen molar-refractivity contribution in [1.29, 1.82) is 5.39 Å². The molecule has 2 aliphatic heterocycles. The van der Waals surface area contributed by atoms with Gasteiger partial charge in [0.25, 0.3) is 5.88 Å². The molecule has 0 saturated carbocycles. The molecular weight excluding hydrogens is 374 g/mol. The lowest BCUT2D eigenvalue weighted by molar-refractivity contribution is -0.155. The topological polar surface area (TPSA) is 77.9 Å². The second kappa shape index (κ2) is 6.88. The smallest absolute Gasteiger partial charge is 0.452 e. The van der Waals surface area contributed by atoms with E-state index >= 15 is 0 Å². The Morgan fingerprint density at radius 3 is 2.18 bits per heavy atom. The number of esters is 1. The Hall–Kier alpha value is -2.98. The summed E-state index contributed by atoms with van der Waals surface area (Å²) in [6.45, 7) is 3.84. The molecule has 1 saturated heterocycles. The molecule has 4 rings (SSSR count). The number of fused-ring (bicyclic) bond motifs is 1. The molecule has 28 heavy (non-hydrogen) atoms. The van der Waals surface area contributed by atoms with Crippen molar-refractivity contribution in [3.05, 3.63) is 88.3 Å². The third kappa shape index (κ3) is 2.90. The van der Waals surface area contributed by atoms with Gasteiger partial charge in [-0.1, -0.05) is 60.7 Å². The van der Waals surface area contributed by atoms with Crippen LogP contribution in [0, 0.1) is 5.39 Å². The summed E-state index contributed by atoms with van der Waals surface area (Å²) < 4.78 is 5.46. The van der Waals surface area contributed by atoms with E-state index in [4.69, 9.17) is 10.1 Å². The zero-order valence-electron chi connectivity index (χ0n) is 15.5. The fourth-order valence-electron chi connectivity index (χ4n) is 3.73. The predicted molar refractivity (Wildman–Crippen MR) is 107 cm³/mol. The molecule has 142 valence electrons. The van der Waals surface area contributed by atoms with Crippen molar-refractivity contribution in [2.24, 2.45) is 0 Å². The Labute approximate surface area is 167 Å². The van der Waals surface area contributed by atoms with Crippen molar-refractivity contribution in [3.8, 4) is 0 Å². The molecule has 2 aliphatic rings. The monoisotopic (exact) mass is 394 g/mol. The number of hydrogen-bond donors (Lipinski definition) is 1. The zero-order valence-corrected chi connectivity index (χ0v) is 16.3. The average Bonchev–Trinajstić information content (AvgIpc) is 2.95. The second-order valence-electron chi connectivity index (χ2n) is 7.33. The van der Waals surface area contributed by atoms with Gasteiger partial charge in [-0.3, -0.25) is 4.90 Å². The van der Waals surface area contributed by atoms with E-state index in [0.717, 1.165) is 11.1 Å². The van der Waals surface area contributed by atoms with Gasteiger partial charge >= 0.3 is 11.7 Å². The molecule has 1 fully saturated rings. The van der Waals surface area contributed by atoms with Crippen LogP contribution in [0.4, 0.5) is 0 Å². The highest BCUT2D eigenvalue weighted by molar-refractivity contribution is 8.01.